The molecule has 0 bridgehead atoms. The monoisotopic (exact) mass is 331 g/mol. The summed E-state index contributed by atoms with van der Waals surface area (Å²) >= 11 is 0. The molecule has 130 valence electrons. The SMILES string of the molecule is COCCN(Cc1ccco1)C(=O)CCOc1cc(C)cc(C)c1. The largest absolute Gasteiger partial charge is 0.493 e. The van der Waals surface area contributed by atoms with E-state index >= 15 is 0 Å². The van der Waals surface area contributed by atoms with Gasteiger partial charge in [-0.25, -0.2) is 0 Å². The van der Waals surface area contributed by atoms with Crippen LogP contribution in [0.1, 0.15) is 23.3 Å². The Morgan fingerprint density at radius 1 is 1.17 bits per heavy atom. The Kier molecular flexibility index (Phi) is 6.88. The summed E-state index contributed by atoms with van der Waals surface area (Å²) in [5.41, 5.74) is 2.30. The van der Waals surface area contributed by atoms with E-state index in [0.29, 0.717) is 32.7 Å². The van der Waals surface area contributed by atoms with Crippen molar-refractivity contribution in [3.63, 3.8) is 0 Å². The minimum Gasteiger partial charge on any atom is -0.493 e. The zero-order valence-electron chi connectivity index (χ0n) is 14.6. The minimum atomic E-state index is 0.0211. The Labute approximate surface area is 143 Å². The number of rotatable bonds is 9. The van der Waals surface area contributed by atoms with Crippen molar-refractivity contribution in [2.24, 2.45) is 0 Å². The summed E-state index contributed by atoms with van der Waals surface area (Å²) in [6.45, 7) is 5.87. The second kappa shape index (κ2) is 9.13. The van der Waals surface area contributed by atoms with Gasteiger partial charge in [0.25, 0.3) is 0 Å². The third-order valence-electron chi connectivity index (χ3n) is 3.62. The van der Waals surface area contributed by atoms with Crippen LogP contribution in [-0.4, -0.2) is 37.7 Å². The third kappa shape index (κ3) is 5.74. The quantitative estimate of drug-likeness (QED) is 0.707. The number of benzene rings is 1. The van der Waals surface area contributed by atoms with Gasteiger partial charge in [-0.2, -0.15) is 0 Å². The highest BCUT2D eigenvalue weighted by atomic mass is 16.5. The molecule has 5 nitrogen and oxygen atoms in total. The van der Waals surface area contributed by atoms with Crippen molar-refractivity contribution in [1.29, 1.82) is 0 Å². The molecule has 2 aromatic rings. The van der Waals surface area contributed by atoms with E-state index in [0.717, 1.165) is 22.6 Å². The zero-order chi connectivity index (χ0) is 17.4. The Morgan fingerprint density at radius 2 is 1.92 bits per heavy atom. The van der Waals surface area contributed by atoms with E-state index < -0.39 is 0 Å². The Hall–Kier alpha value is -2.27. The van der Waals surface area contributed by atoms with Gasteiger partial charge in [0, 0.05) is 13.7 Å². The number of nitrogens with zero attached hydrogens (tertiary/aromatic N) is 1. The summed E-state index contributed by atoms with van der Waals surface area (Å²) in [6.07, 6.45) is 1.93. The standard InChI is InChI=1S/C19H25NO4/c1-15-11-16(2)13-18(12-15)24-9-6-19(21)20(7-10-22-3)14-17-5-4-8-23-17/h4-5,8,11-13H,6-7,9-10,14H2,1-3H3. The predicted octanol–water partition coefficient (Wildman–Crippen LogP) is 3.34. The first-order valence-electron chi connectivity index (χ1n) is 8.08. The first-order valence-corrected chi connectivity index (χ1v) is 8.08. The third-order valence-corrected chi connectivity index (χ3v) is 3.62. The van der Waals surface area contributed by atoms with E-state index in [1.54, 1.807) is 18.3 Å². The number of carbonyl (C=O) groups is 1. The molecule has 1 aromatic heterocycles. The molecule has 5 heteroatoms. The van der Waals surface area contributed by atoms with Gasteiger partial charge in [0.1, 0.15) is 11.5 Å². The zero-order valence-corrected chi connectivity index (χ0v) is 14.6. The average molecular weight is 331 g/mol. The number of amides is 1. The lowest BCUT2D eigenvalue weighted by Gasteiger charge is -2.21. The summed E-state index contributed by atoms with van der Waals surface area (Å²) < 4.78 is 16.1. The van der Waals surface area contributed by atoms with Crippen molar-refractivity contribution < 1.29 is 18.7 Å². The number of aryl methyl sites for hydroxylation is 2. The molecule has 0 fully saturated rings. The minimum absolute atomic E-state index is 0.0211. The van der Waals surface area contributed by atoms with Crippen LogP contribution in [0.4, 0.5) is 0 Å². The molecule has 1 heterocycles. The molecule has 2 rings (SSSR count). The molecule has 24 heavy (non-hydrogen) atoms. The van der Waals surface area contributed by atoms with Crippen LogP contribution in [0.3, 0.4) is 0 Å². The van der Waals surface area contributed by atoms with Crippen LogP contribution in [0.5, 0.6) is 5.75 Å². The number of hydrogen-bond donors (Lipinski definition) is 0. The summed E-state index contributed by atoms with van der Waals surface area (Å²) in [5, 5.41) is 0. The van der Waals surface area contributed by atoms with Gasteiger partial charge in [0.15, 0.2) is 0 Å². The van der Waals surface area contributed by atoms with Gasteiger partial charge in [-0.15, -0.1) is 0 Å². The highest BCUT2D eigenvalue weighted by Crippen LogP contribution is 2.16. The van der Waals surface area contributed by atoms with Crippen LogP contribution in [0.15, 0.2) is 41.0 Å². The molecular formula is C19H25NO4. The molecular weight excluding hydrogens is 306 g/mol. The molecule has 0 aliphatic carbocycles. The van der Waals surface area contributed by atoms with Gasteiger partial charge in [0.05, 0.1) is 32.4 Å². The van der Waals surface area contributed by atoms with Crippen molar-refractivity contribution >= 4 is 5.91 Å². The maximum absolute atomic E-state index is 12.4. The van der Waals surface area contributed by atoms with E-state index in [9.17, 15) is 4.79 Å². The van der Waals surface area contributed by atoms with E-state index in [-0.39, 0.29) is 5.91 Å². The van der Waals surface area contributed by atoms with Crippen molar-refractivity contribution in [3.05, 3.63) is 53.5 Å². The summed E-state index contributed by atoms with van der Waals surface area (Å²) in [6, 6.07) is 9.72. The first-order chi connectivity index (χ1) is 11.6. The smallest absolute Gasteiger partial charge is 0.226 e. The summed E-state index contributed by atoms with van der Waals surface area (Å²) in [5.74, 6) is 1.58. The molecule has 0 radical (unpaired) electrons. The van der Waals surface area contributed by atoms with Gasteiger partial charge in [-0.3, -0.25) is 4.79 Å². The van der Waals surface area contributed by atoms with Gasteiger partial charge in [-0.1, -0.05) is 6.07 Å². The lowest BCUT2D eigenvalue weighted by molar-refractivity contribution is -0.133. The van der Waals surface area contributed by atoms with Crippen molar-refractivity contribution in [3.8, 4) is 5.75 Å². The van der Waals surface area contributed by atoms with E-state index in [1.807, 2.05) is 38.1 Å². The Bertz CT molecular complexity index is 617. The molecule has 0 atom stereocenters. The van der Waals surface area contributed by atoms with Crippen LogP contribution < -0.4 is 4.74 Å². The first kappa shape index (κ1) is 18.1. The fraction of sp³-hybridized carbons (Fsp3) is 0.421. The van der Waals surface area contributed by atoms with Crippen LogP contribution in [-0.2, 0) is 16.1 Å². The van der Waals surface area contributed by atoms with Crippen LogP contribution in [0.25, 0.3) is 0 Å². The molecule has 1 aromatic carbocycles. The fourth-order valence-corrected chi connectivity index (χ4v) is 2.51. The fourth-order valence-electron chi connectivity index (χ4n) is 2.51. The molecule has 0 aliphatic rings. The predicted molar refractivity (Wildman–Crippen MR) is 92.0 cm³/mol. The van der Waals surface area contributed by atoms with Crippen molar-refractivity contribution in [1.82, 2.24) is 4.90 Å². The highest BCUT2D eigenvalue weighted by Gasteiger charge is 2.15. The normalized spacial score (nSPS) is 10.6. The van der Waals surface area contributed by atoms with Crippen LogP contribution in [0.2, 0.25) is 0 Å². The Morgan fingerprint density at radius 3 is 2.54 bits per heavy atom. The number of furan rings is 1. The topological polar surface area (TPSA) is 51.9 Å². The lowest BCUT2D eigenvalue weighted by atomic mass is 10.1. The highest BCUT2D eigenvalue weighted by molar-refractivity contribution is 5.76. The molecule has 0 spiro atoms. The second-order valence-electron chi connectivity index (χ2n) is 5.81. The average Bonchev–Trinajstić information content (AvgIpc) is 3.03. The number of methoxy groups -OCH3 is 1. The molecule has 0 saturated heterocycles. The molecule has 0 N–H and O–H groups in total. The van der Waals surface area contributed by atoms with Crippen molar-refractivity contribution in [2.45, 2.75) is 26.8 Å². The van der Waals surface area contributed by atoms with Crippen LogP contribution in [0, 0.1) is 13.8 Å². The molecule has 0 aliphatic heterocycles. The van der Waals surface area contributed by atoms with Gasteiger partial charge < -0.3 is 18.8 Å². The maximum atomic E-state index is 12.4. The lowest BCUT2D eigenvalue weighted by Crippen LogP contribution is -2.34. The number of carbonyl (C=O) groups excluding carboxylic acids is 1. The van der Waals surface area contributed by atoms with E-state index in [2.05, 4.69) is 6.07 Å². The Balaban J connectivity index is 1.87. The van der Waals surface area contributed by atoms with Gasteiger partial charge >= 0.3 is 0 Å². The second-order valence-corrected chi connectivity index (χ2v) is 5.81. The van der Waals surface area contributed by atoms with Crippen molar-refractivity contribution in [2.75, 3.05) is 26.9 Å². The van der Waals surface area contributed by atoms with Crippen LogP contribution >= 0.6 is 0 Å². The van der Waals surface area contributed by atoms with Gasteiger partial charge in [0.2, 0.25) is 5.91 Å². The van der Waals surface area contributed by atoms with E-state index in [1.165, 1.54) is 0 Å². The molecule has 1 amide bonds. The van der Waals surface area contributed by atoms with E-state index in [4.69, 9.17) is 13.9 Å². The maximum Gasteiger partial charge on any atom is 0.226 e. The summed E-state index contributed by atoms with van der Waals surface area (Å²) in [4.78, 5) is 14.2. The van der Waals surface area contributed by atoms with Gasteiger partial charge in [-0.05, 0) is 49.2 Å². The summed E-state index contributed by atoms with van der Waals surface area (Å²) in [7, 11) is 1.62. The number of hydrogen-bond acceptors (Lipinski definition) is 4. The number of ether oxygens (including phenoxy) is 2. The molecule has 0 unspecified atom stereocenters. The molecule has 0 saturated carbocycles.